The van der Waals surface area contributed by atoms with Crippen LogP contribution in [0.4, 0.5) is 0 Å². The molecular formula is C44H28N2. The fraction of sp³-hybridized carbons (Fsp3) is 0. The zero-order valence-electron chi connectivity index (χ0n) is 25.1. The van der Waals surface area contributed by atoms with Gasteiger partial charge in [-0.1, -0.05) is 146 Å². The van der Waals surface area contributed by atoms with Crippen molar-refractivity contribution in [2.75, 3.05) is 0 Å². The Morgan fingerprint density at radius 3 is 1.52 bits per heavy atom. The summed E-state index contributed by atoms with van der Waals surface area (Å²) in [6.45, 7) is 0. The van der Waals surface area contributed by atoms with E-state index in [4.69, 9.17) is 9.97 Å². The zero-order valence-corrected chi connectivity index (χ0v) is 25.1. The van der Waals surface area contributed by atoms with Gasteiger partial charge in [0.15, 0.2) is 5.82 Å². The van der Waals surface area contributed by atoms with Crippen LogP contribution in [-0.2, 0) is 0 Å². The summed E-state index contributed by atoms with van der Waals surface area (Å²) in [6, 6.07) is 60.4. The molecule has 0 N–H and O–H groups in total. The third kappa shape index (κ3) is 4.51. The summed E-state index contributed by atoms with van der Waals surface area (Å²) in [5.74, 6) is 0.714. The van der Waals surface area contributed by atoms with Crippen molar-refractivity contribution < 1.29 is 0 Å². The van der Waals surface area contributed by atoms with E-state index in [1.54, 1.807) is 0 Å². The molecule has 0 atom stereocenters. The SMILES string of the molecule is c1ccc(-c2cc(-c3cc(-c4ccccc4)nc(-c4ccccc4)n3)cc(-c3ccc4ccc5cccc6ccc3c4c56)c2)cc1. The Morgan fingerprint density at radius 1 is 0.304 bits per heavy atom. The monoisotopic (exact) mass is 584 g/mol. The van der Waals surface area contributed by atoms with Crippen LogP contribution in [0.25, 0.3) is 88.5 Å². The lowest BCUT2D eigenvalue weighted by Crippen LogP contribution is -1.96. The molecule has 46 heavy (non-hydrogen) atoms. The van der Waals surface area contributed by atoms with Gasteiger partial charge in [0, 0.05) is 16.7 Å². The molecule has 8 aromatic carbocycles. The Balaban J connectivity index is 1.31. The molecule has 0 aliphatic rings. The minimum Gasteiger partial charge on any atom is -0.228 e. The summed E-state index contributed by atoms with van der Waals surface area (Å²) in [6.07, 6.45) is 0. The van der Waals surface area contributed by atoms with Gasteiger partial charge in [0.05, 0.1) is 11.4 Å². The van der Waals surface area contributed by atoms with Gasteiger partial charge in [-0.25, -0.2) is 9.97 Å². The lowest BCUT2D eigenvalue weighted by molar-refractivity contribution is 1.18. The molecule has 2 heteroatoms. The first kappa shape index (κ1) is 26.3. The highest BCUT2D eigenvalue weighted by molar-refractivity contribution is 6.25. The average Bonchev–Trinajstić information content (AvgIpc) is 3.14. The topological polar surface area (TPSA) is 25.8 Å². The molecule has 2 nitrogen and oxygen atoms in total. The normalized spacial score (nSPS) is 11.5. The molecule has 1 heterocycles. The van der Waals surface area contributed by atoms with Crippen LogP contribution >= 0.6 is 0 Å². The number of benzene rings is 8. The first-order valence-electron chi connectivity index (χ1n) is 15.7. The Labute approximate surface area is 267 Å². The predicted molar refractivity (Wildman–Crippen MR) is 193 cm³/mol. The lowest BCUT2D eigenvalue weighted by atomic mass is 9.88. The minimum absolute atomic E-state index is 0.714. The smallest absolute Gasteiger partial charge is 0.160 e. The van der Waals surface area contributed by atoms with Crippen molar-refractivity contribution in [3.8, 4) is 56.2 Å². The molecule has 0 aliphatic carbocycles. The minimum atomic E-state index is 0.714. The van der Waals surface area contributed by atoms with E-state index >= 15 is 0 Å². The second kappa shape index (κ2) is 10.8. The molecule has 1 aromatic heterocycles. The summed E-state index contributed by atoms with van der Waals surface area (Å²) in [5, 5.41) is 7.71. The highest BCUT2D eigenvalue weighted by Crippen LogP contribution is 2.41. The fourth-order valence-corrected chi connectivity index (χ4v) is 6.78. The molecule has 214 valence electrons. The van der Waals surface area contributed by atoms with Crippen LogP contribution in [0, 0.1) is 0 Å². The quantitative estimate of drug-likeness (QED) is 0.188. The van der Waals surface area contributed by atoms with Crippen LogP contribution in [0.5, 0.6) is 0 Å². The van der Waals surface area contributed by atoms with Gasteiger partial charge in [-0.05, 0) is 78.8 Å². The van der Waals surface area contributed by atoms with E-state index in [9.17, 15) is 0 Å². The predicted octanol–water partition coefficient (Wildman–Crippen LogP) is 11.7. The molecule has 0 saturated carbocycles. The summed E-state index contributed by atoms with van der Waals surface area (Å²) in [4.78, 5) is 10.2. The summed E-state index contributed by atoms with van der Waals surface area (Å²) in [7, 11) is 0. The van der Waals surface area contributed by atoms with Crippen LogP contribution in [-0.4, -0.2) is 9.97 Å². The van der Waals surface area contributed by atoms with Gasteiger partial charge in [-0.3, -0.25) is 0 Å². The van der Waals surface area contributed by atoms with Crippen molar-refractivity contribution in [2.24, 2.45) is 0 Å². The molecule has 9 aromatic rings. The molecule has 0 unspecified atom stereocenters. The first-order chi connectivity index (χ1) is 22.8. The van der Waals surface area contributed by atoms with Crippen LogP contribution < -0.4 is 0 Å². The molecule has 0 bridgehead atoms. The van der Waals surface area contributed by atoms with Crippen molar-refractivity contribution in [1.82, 2.24) is 9.97 Å². The van der Waals surface area contributed by atoms with Crippen LogP contribution in [0.3, 0.4) is 0 Å². The largest absolute Gasteiger partial charge is 0.228 e. The molecule has 0 saturated heterocycles. The fourth-order valence-electron chi connectivity index (χ4n) is 6.78. The second-order valence-corrected chi connectivity index (χ2v) is 11.8. The third-order valence-corrected chi connectivity index (χ3v) is 9.00. The van der Waals surface area contributed by atoms with Crippen molar-refractivity contribution >= 4 is 32.3 Å². The highest BCUT2D eigenvalue weighted by Gasteiger charge is 2.16. The van der Waals surface area contributed by atoms with Crippen LogP contribution in [0.15, 0.2) is 170 Å². The van der Waals surface area contributed by atoms with Gasteiger partial charge in [-0.15, -0.1) is 0 Å². The third-order valence-electron chi connectivity index (χ3n) is 9.00. The lowest BCUT2D eigenvalue weighted by Gasteiger charge is -2.16. The van der Waals surface area contributed by atoms with E-state index in [0.29, 0.717) is 5.82 Å². The maximum atomic E-state index is 5.19. The maximum Gasteiger partial charge on any atom is 0.160 e. The molecule has 0 aliphatic heterocycles. The molecular weight excluding hydrogens is 556 g/mol. The van der Waals surface area contributed by atoms with E-state index in [1.807, 2.05) is 24.3 Å². The molecule has 9 rings (SSSR count). The summed E-state index contributed by atoms with van der Waals surface area (Å²) in [5.41, 5.74) is 9.61. The number of hydrogen-bond donors (Lipinski definition) is 0. The number of rotatable bonds is 5. The average molecular weight is 585 g/mol. The van der Waals surface area contributed by atoms with Crippen LogP contribution in [0.2, 0.25) is 0 Å². The first-order valence-corrected chi connectivity index (χ1v) is 15.7. The second-order valence-electron chi connectivity index (χ2n) is 11.8. The van der Waals surface area contributed by atoms with Gasteiger partial charge in [0.25, 0.3) is 0 Å². The van der Waals surface area contributed by atoms with Crippen molar-refractivity contribution in [3.05, 3.63) is 170 Å². The van der Waals surface area contributed by atoms with Crippen molar-refractivity contribution in [2.45, 2.75) is 0 Å². The summed E-state index contributed by atoms with van der Waals surface area (Å²) < 4.78 is 0. The van der Waals surface area contributed by atoms with E-state index in [0.717, 1.165) is 39.2 Å². The number of hydrogen-bond acceptors (Lipinski definition) is 2. The van der Waals surface area contributed by atoms with Gasteiger partial charge in [0.1, 0.15) is 0 Å². The van der Waals surface area contributed by atoms with E-state index in [2.05, 4.69) is 146 Å². The van der Waals surface area contributed by atoms with Crippen molar-refractivity contribution in [1.29, 1.82) is 0 Å². The van der Waals surface area contributed by atoms with Crippen molar-refractivity contribution in [3.63, 3.8) is 0 Å². The zero-order chi connectivity index (χ0) is 30.5. The Kier molecular flexibility index (Phi) is 6.17. The maximum absolute atomic E-state index is 5.19. The Bertz CT molecular complexity index is 2430. The standard InChI is InChI=1S/C44H28N2/c1-4-11-29(12-5-1)35-25-36(38-23-21-33-20-19-31-17-10-18-32-22-24-39(38)43(33)42(31)32)27-37(26-35)41-28-40(30-13-6-2-7-14-30)45-44(46-41)34-15-8-3-9-16-34/h1-28H. The van der Waals surface area contributed by atoms with Gasteiger partial charge < -0.3 is 0 Å². The Hall–Kier alpha value is -6.12. The highest BCUT2D eigenvalue weighted by atomic mass is 14.9. The number of nitrogens with zero attached hydrogens (tertiary/aromatic N) is 2. The van der Waals surface area contributed by atoms with E-state index in [-0.39, 0.29) is 0 Å². The van der Waals surface area contributed by atoms with Crippen LogP contribution in [0.1, 0.15) is 0 Å². The van der Waals surface area contributed by atoms with Gasteiger partial charge in [0.2, 0.25) is 0 Å². The number of aromatic nitrogens is 2. The molecule has 0 radical (unpaired) electrons. The molecule has 0 amide bonds. The van der Waals surface area contributed by atoms with E-state index in [1.165, 1.54) is 43.4 Å². The summed E-state index contributed by atoms with van der Waals surface area (Å²) >= 11 is 0. The Morgan fingerprint density at radius 2 is 0.826 bits per heavy atom. The molecule has 0 fully saturated rings. The molecule has 0 spiro atoms. The van der Waals surface area contributed by atoms with Gasteiger partial charge in [-0.2, -0.15) is 0 Å². The van der Waals surface area contributed by atoms with Gasteiger partial charge >= 0.3 is 0 Å². The van der Waals surface area contributed by atoms with E-state index < -0.39 is 0 Å².